The minimum atomic E-state index is 0.579. The Morgan fingerprint density at radius 3 is 3.17 bits per heavy atom. The molecular weight excluding hydrogens is 230 g/mol. The number of ether oxygens (including phenoxy) is 1. The van der Waals surface area contributed by atoms with Crippen LogP contribution in [0.4, 0.5) is 0 Å². The van der Waals surface area contributed by atoms with Crippen LogP contribution in [0.5, 0.6) is 5.75 Å². The van der Waals surface area contributed by atoms with Crippen molar-refractivity contribution in [2.24, 2.45) is 0 Å². The minimum absolute atomic E-state index is 0.579. The maximum absolute atomic E-state index is 5.63. The fourth-order valence-corrected chi connectivity index (χ4v) is 2.02. The highest BCUT2D eigenvalue weighted by Crippen LogP contribution is 2.29. The first kappa shape index (κ1) is 11.2. The van der Waals surface area contributed by atoms with Crippen LogP contribution in [0.25, 0.3) is 11.5 Å². The van der Waals surface area contributed by atoms with Crippen LogP contribution >= 0.6 is 0 Å². The number of aromatic nitrogens is 2. The molecule has 0 unspecified atom stereocenters. The predicted molar refractivity (Wildman–Crippen MR) is 66.6 cm³/mol. The third-order valence-corrected chi connectivity index (χ3v) is 2.99. The van der Waals surface area contributed by atoms with Crippen LogP contribution in [-0.2, 0) is 12.8 Å². The molecule has 2 aromatic rings. The Bertz CT molecular complexity index is 551. The molecule has 0 amide bonds. The smallest absolute Gasteiger partial charge is 0.247 e. The number of likely N-dealkylation sites (N-methyl/N-ethyl adjacent to an activating group) is 1. The summed E-state index contributed by atoms with van der Waals surface area (Å²) >= 11 is 0. The summed E-state index contributed by atoms with van der Waals surface area (Å²) in [6.07, 6.45) is 1.70. The molecule has 1 aromatic carbocycles. The van der Waals surface area contributed by atoms with Gasteiger partial charge >= 0.3 is 0 Å². The molecule has 5 heteroatoms. The lowest BCUT2D eigenvalue weighted by Crippen LogP contribution is -2.10. The third-order valence-electron chi connectivity index (χ3n) is 2.99. The highest BCUT2D eigenvalue weighted by atomic mass is 16.5. The van der Waals surface area contributed by atoms with Gasteiger partial charge in [-0.1, -0.05) is 0 Å². The number of benzene rings is 1. The second kappa shape index (κ2) is 4.78. The number of hydrogen-bond donors (Lipinski definition) is 1. The van der Waals surface area contributed by atoms with Gasteiger partial charge in [0.1, 0.15) is 5.75 Å². The zero-order valence-electron chi connectivity index (χ0n) is 10.3. The van der Waals surface area contributed by atoms with Crippen LogP contribution in [0.3, 0.4) is 0 Å². The molecule has 0 fully saturated rings. The van der Waals surface area contributed by atoms with Crippen LogP contribution in [0.15, 0.2) is 22.6 Å². The van der Waals surface area contributed by atoms with Gasteiger partial charge < -0.3 is 14.5 Å². The molecule has 2 heterocycles. The lowest BCUT2D eigenvalue weighted by Gasteiger charge is -1.99. The Morgan fingerprint density at radius 1 is 1.33 bits per heavy atom. The van der Waals surface area contributed by atoms with Crippen molar-refractivity contribution in [2.75, 3.05) is 20.2 Å². The van der Waals surface area contributed by atoms with Crippen molar-refractivity contribution < 1.29 is 9.15 Å². The number of nitrogens with zero attached hydrogens (tertiary/aromatic N) is 2. The van der Waals surface area contributed by atoms with Crippen LogP contribution in [-0.4, -0.2) is 30.4 Å². The molecule has 1 aromatic heterocycles. The average Bonchev–Trinajstić information content (AvgIpc) is 3.04. The fourth-order valence-electron chi connectivity index (χ4n) is 2.02. The third kappa shape index (κ3) is 2.09. The molecule has 94 valence electrons. The summed E-state index contributed by atoms with van der Waals surface area (Å²) in [4.78, 5) is 0. The van der Waals surface area contributed by atoms with E-state index in [2.05, 4.69) is 21.6 Å². The molecule has 3 rings (SSSR count). The van der Waals surface area contributed by atoms with Gasteiger partial charge in [0, 0.05) is 24.9 Å². The van der Waals surface area contributed by atoms with Gasteiger partial charge in [-0.15, -0.1) is 10.2 Å². The fraction of sp³-hybridized carbons (Fsp3) is 0.385. The second-order valence-electron chi connectivity index (χ2n) is 4.28. The first-order valence-electron chi connectivity index (χ1n) is 6.10. The molecule has 0 spiro atoms. The van der Waals surface area contributed by atoms with Gasteiger partial charge in [-0.25, -0.2) is 0 Å². The Morgan fingerprint density at radius 2 is 2.28 bits per heavy atom. The number of fused-ring (bicyclic) bond motifs is 1. The van der Waals surface area contributed by atoms with E-state index in [9.17, 15) is 0 Å². The van der Waals surface area contributed by atoms with E-state index in [0.717, 1.165) is 37.3 Å². The number of hydrogen-bond acceptors (Lipinski definition) is 5. The molecule has 1 aliphatic heterocycles. The van der Waals surface area contributed by atoms with Crippen LogP contribution in [0, 0.1) is 0 Å². The average molecular weight is 245 g/mol. The molecule has 0 aliphatic carbocycles. The highest BCUT2D eigenvalue weighted by molar-refractivity contribution is 5.57. The maximum atomic E-state index is 5.63. The van der Waals surface area contributed by atoms with Gasteiger partial charge in [-0.2, -0.15) is 0 Å². The molecule has 1 aliphatic rings. The highest BCUT2D eigenvalue weighted by Gasteiger charge is 2.15. The van der Waals surface area contributed by atoms with Gasteiger partial charge in [-0.3, -0.25) is 0 Å². The first-order chi connectivity index (χ1) is 8.86. The molecule has 0 atom stereocenters. The van der Waals surface area contributed by atoms with Crippen molar-refractivity contribution in [2.45, 2.75) is 12.8 Å². The van der Waals surface area contributed by atoms with E-state index in [0.29, 0.717) is 11.8 Å². The standard InChI is InChI=1S/C13H15N3O2/c1-14-6-4-12-15-16-13(18-12)10-2-3-11-9(8-10)5-7-17-11/h2-3,8,14H,4-7H2,1H3. The summed E-state index contributed by atoms with van der Waals surface area (Å²) in [5.41, 5.74) is 2.17. The molecule has 0 radical (unpaired) electrons. The monoisotopic (exact) mass is 245 g/mol. The van der Waals surface area contributed by atoms with Crippen LogP contribution in [0.1, 0.15) is 11.5 Å². The molecule has 1 N–H and O–H groups in total. The lowest BCUT2D eigenvalue weighted by atomic mass is 10.1. The van der Waals surface area contributed by atoms with E-state index in [1.165, 1.54) is 5.56 Å². The number of rotatable bonds is 4. The Hall–Kier alpha value is -1.88. The van der Waals surface area contributed by atoms with Gasteiger partial charge in [0.2, 0.25) is 11.8 Å². The predicted octanol–water partition coefficient (Wildman–Crippen LogP) is 1.43. The summed E-state index contributed by atoms with van der Waals surface area (Å²) in [6, 6.07) is 5.99. The van der Waals surface area contributed by atoms with Crippen molar-refractivity contribution in [1.29, 1.82) is 0 Å². The summed E-state index contributed by atoms with van der Waals surface area (Å²) in [5.74, 6) is 2.21. The Labute approximate surface area is 105 Å². The van der Waals surface area contributed by atoms with Gasteiger partial charge in [0.05, 0.1) is 6.61 Å². The molecule has 0 bridgehead atoms. The Balaban J connectivity index is 1.83. The topological polar surface area (TPSA) is 60.2 Å². The van der Waals surface area contributed by atoms with E-state index in [4.69, 9.17) is 9.15 Å². The first-order valence-corrected chi connectivity index (χ1v) is 6.10. The summed E-state index contributed by atoms with van der Waals surface area (Å²) in [7, 11) is 1.90. The zero-order chi connectivity index (χ0) is 12.4. The molecule has 5 nitrogen and oxygen atoms in total. The van der Waals surface area contributed by atoms with Gasteiger partial charge in [0.25, 0.3) is 0 Å². The van der Waals surface area contributed by atoms with E-state index in [1.54, 1.807) is 0 Å². The molecular formula is C13H15N3O2. The van der Waals surface area contributed by atoms with Gasteiger partial charge in [-0.05, 0) is 30.8 Å². The summed E-state index contributed by atoms with van der Waals surface area (Å²) in [5, 5.41) is 11.2. The van der Waals surface area contributed by atoms with Gasteiger partial charge in [0.15, 0.2) is 0 Å². The van der Waals surface area contributed by atoms with Crippen LogP contribution in [0.2, 0.25) is 0 Å². The van der Waals surface area contributed by atoms with E-state index in [-0.39, 0.29) is 0 Å². The largest absolute Gasteiger partial charge is 0.493 e. The normalized spacial score (nSPS) is 13.4. The van der Waals surface area contributed by atoms with E-state index >= 15 is 0 Å². The quantitative estimate of drug-likeness (QED) is 0.883. The molecule has 18 heavy (non-hydrogen) atoms. The molecule has 0 saturated heterocycles. The summed E-state index contributed by atoms with van der Waals surface area (Å²) in [6.45, 7) is 1.59. The maximum Gasteiger partial charge on any atom is 0.247 e. The van der Waals surface area contributed by atoms with Crippen molar-refractivity contribution >= 4 is 0 Å². The number of nitrogens with one attached hydrogen (secondary N) is 1. The van der Waals surface area contributed by atoms with Crippen molar-refractivity contribution in [3.63, 3.8) is 0 Å². The minimum Gasteiger partial charge on any atom is -0.493 e. The molecule has 0 saturated carbocycles. The lowest BCUT2D eigenvalue weighted by molar-refractivity contribution is 0.357. The van der Waals surface area contributed by atoms with Crippen LogP contribution < -0.4 is 10.1 Å². The SMILES string of the molecule is CNCCc1nnc(-c2ccc3c(c2)CCO3)o1. The van der Waals surface area contributed by atoms with E-state index < -0.39 is 0 Å². The Kier molecular flexibility index (Phi) is 2.98. The van der Waals surface area contributed by atoms with Crippen molar-refractivity contribution in [3.05, 3.63) is 29.7 Å². The van der Waals surface area contributed by atoms with Crippen molar-refractivity contribution in [1.82, 2.24) is 15.5 Å². The summed E-state index contributed by atoms with van der Waals surface area (Å²) < 4.78 is 11.1. The van der Waals surface area contributed by atoms with E-state index in [1.807, 2.05) is 19.2 Å². The zero-order valence-corrected chi connectivity index (χ0v) is 10.3. The second-order valence-corrected chi connectivity index (χ2v) is 4.28. The van der Waals surface area contributed by atoms with Crippen molar-refractivity contribution in [3.8, 4) is 17.2 Å².